The monoisotopic (exact) mass is 385 g/mol. The van der Waals surface area contributed by atoms with Gasteiger partial charge >= 0.3 is 0 Å². The van der Waals surface area contributed by atoms with E-state index in [1.165, 1.54) is 0 Å². The Bertz CT molecular complexity index is 1180. The van der Waals surface area contributed by atoms with Gasteiger partial charge in [0.25, 0.3) is 0 Å². The fourth-order valence-electron chi connectivity index (χ4n) is 3.02. The van der Waals surface area contributed by atoms with Gasteiger partial charge in [0.15, 0.2) is 5.82 Å². The van der Waals surface area contributed by atoms with Crippen LogP contribution < -0.4 is 5.32 Å². The van der Waals surface area contributed by atoms with Crippen LogP contribution in [0.3, 0.4) is 0 Å². The number of carbonyl (C=O) groups excluding carboxylic acids is 1. The molecule has 1 aliphatic carbocycles. The maximum atomic E-state index is 11.9. The highest BCUT2D eigenvalue weighted by molar-refractivity contribution is 6.43. The summed E-state index contributed by atoms with van der Waals surface area (Å²) in [6.45, 7) is 0. The van der Waals surface area contributed by atoms with E-state index < -0.39 is 0 Å². The molecule has 1 amide bonds. The van der Waals surface area contributed by atoms with E-state index in [2.05, 4.69) is 20.4 Å². The molecule has 0 aromatic carbocycles. The van der Waals surface area contributed by atoms with Gasteiger partial charge in [0, 0.05) is 36.1 Å². The van der Waals surface area contributed by atoms with Crippen LogP contribution in [-0.2, 0) is 4.79 Å². The van der Waals surface area contributed by atoms with Crippen LogP contribution in [0.15, 0.2) is 36.8 Å². The van der Waals surface area contributed by atoms with Crippen molar-refractivity contribution in [3.05, 3.63) is 46.8 Å². The lowest BCUT2D eigenvalue weighted by atomic mass is 10.1. The van der Waals surface area contributed by atoms with E-state index in [1.807, 2.05) is 24.4 Å². The molecule has 0 atom stereocenters. The van der Waals surface area contributed by atoms with Crippen molar-refractivity contribution < 1.29 is 4.79 Å². The molecule has 0 aliphatic heterocycles. The summed E-state index contributed by atoms with van der Waals surface area (Å²) in [5, 5.41) is 9.04. The molecule has 130 valence electrons. The Morgan fingerprint density at radius 3 is 2.96 bits per heavy atom. The van der Waals surface area contributed by atoms with Gasteiger partial charge in [0.05, 0.1) is 20.9 Å². The Morgan fingerprint density at radius 1 is 1.31 bits per heavy atom. The fraction of sp³-hybridized carbons (Fsp3) is 0.167. The summed E-state index contributed by atoms with van der Waals surface area (Å²) >= 11 is 12.8. The maximum Gasteiger partial charge on any atom is 0.228 e. The molecule has 5 rings (SSSR count). The summed E-state index contributed by atoms with van der Waals surface area (Å²) in [6, 6.07) is 5.70. The first-order chi connectivity index (χ1) is 12.6. The Hall–Kier alpha value is -2.57. The Morgan fingerprint density at radius 2 is 2.15 bits per heavy atom. The van der Waals surface area contributed by atoms with Gasteiger partial charge in [-0.05, 0) is 30.5 Å². The molecule has 6 nitrogen and oxygen atoms in total. The summed E-state index contributed by atoms with van der Waals surface area (Å²) in [4.78, 5) is 19.3. The van der Waals surface area contributed by atoms with Crippen LogP contribution in [0.25, 0.3) is 27.7 Å². The van der Waals surface area contributed by atoms with Gasteiger partial charge in [0.1, 0.15) is 5.65 Å². The number of nitrogens with zero attached hydrogens (tertiary/aromatic N) is 3. The highest BCUT2D eigenvalue weighted by atomic mass is 35.5. The van der Waals surface area contributed by atoms with Crippen molar-refractivity contribution in [2.75, 3.05) is 5.32 Å². The number of rotatable bonds is 3. The summed E-state index contributed by atoms with van der Waals surface area (Å²) in [7, 11) is 0. The number of aromatic amines is 1. The average Bonchev–Trinajstić information content (AvgIpc) is 3.30. The standard InChI is InChI=1S/C18H13Cl2N5O/c19-13-8-22-17-15(13)16(20)12(7-21-17)10-3-4-25-11(5-10)6-14(24-25)23-18(26)9-1-2-9/h3-9H,1-2H2,(H,21,22)(H,23,24,26). The number of halogens is 2. The summed E-state index contributed by atoms with van der Waals surface area (Å²) in [5.74, 6) is 0.721. The van der Waals surface area contributed by atoms with Crippen LogP contribution >= 0.6 is 23.2 Å². The molecule has 8 heteroatoms. The van der Waals surface area contributed by atoms with Gasteiger partial charge in [-0.2, -0.15) is 5.10 Å². The number of fused-ring (bicyclic) bond motifs is 2. The second-order valence-corrected chi connectivity index (χ2v) is 7.21. The normalized spacial score (nSPS) is 14.2. The van der Waals surface area contributed by atoms with Crippen LogP contribution in [0.1, 0.15) is 12.8 Å². The third-order valence-electron chi connectivity index (χ3n) is 4.56. The molecule has 1 saturated carbocycles. The summed E-state index contributed by atoms with van der Waals surface area (Å²) in [6.07, 6.45) is 7.13. The van der Waals surface area contributed by atoms with Crippen molar-refractivity contribution in [2.24, 2.45) is 5.92 Å². The smallest absolute Gasteiger partial charge is 0.228 e. The number of aromatic nitrogens is 4. The number of pyridine rings is 2. The number of anilines is 1. The molecule has 4 aromatic heterocycles. The van der Waals surface area contributed by atoms with Crippen molar-refractivity contribution in [3.63, 3.8) is 0 Å². The zero-order valence-electron chi connectivity index (χ0n) is 13.5. The zero-order valence-corrected chi connectivity index (χ0v) is 15.0. The molecule has 0 bridgehead atoms. The van der Waals surface area contributed by atoms with Crippen molar-refractivity contribution in [1.29, 1.82) is 0 Å². The van der Waals surface area contributed by atoms with E-state index in [-0.39, 0.29) is 11.8 Å². The molecule has 0 radical (unpaired) electrons. The Balaban J connectivity index is 1.56. The Labute approximate surface area is 158 Å². The van der Waals surface area contributed by atoms with E-state index in [0.717, 1.165) is 29.5 Å². The van der Waals surface area contributed by atoms with Crippen LogP contribution in [0.5, 0.6) is 0 Å². The third-order valence-corrected chi connectivity index (χ3v) is 5.25. The fourth-order valence-corrected chi connectivity index (χ4v) is 3.65. The minimum Gasteiger partial charge on any atom is -0.345 e. The summed E-state index contributed by atoms with van der Waals surface area (Å²) < 4.78 is 1.72. The lowest BCUT2D eigenvalue weighted by Gasteiger charge is -2.06. The van der Waals surface area contributed by atoms with Gasteiger partial charge in [-0.25, -0.2) is 9.50 Å². The van der Waals surface area contributed by atoms with Gasteiger partial charge < -0.3 is 10.3 Å². The minimum absolute atomic E-state index is 0.0356. The van der Waals surface area contributed by atoms with Gasteiger partial charge in [0.2, 0.25) is 5.91 Å². The number of hydrogen-bond donors (Lipinski definition) is 2. The second-order valence-electron chi connectivity index (χ2n) is 6.42. The third kappa shape index (κ3) is 2.53. The molecular weight excluding hydrogens is 373 g/mol. The molecule has 26 heavy (non-hydrogen) atoms. The van der Waals surface area contributed by atoms with E-state index >= 15 is 0 Å². The Kier molecular flexibility index (Phi) is 3.45. The van der Waals surface area contributed by atoms with Gasteiger partial charge in [-0.15, -0.1) is 0 Å². The lowest BCUT2D eigenvalue weighted by Crippen LogP contribution is -2.13. The quantitative estimate of drug-likeness (QED) is 0.543. The average molecular weight is 386 g/mol. The number of hydrogen-bond acceptors (Lipinski definition) is 3. The van der Waals surface area contributed by atoms with E-state index in [0.29, 0.717) is 26.9 Å². The molecule has 2 N–H and O–H groups in total. The SMILES string of the molecule is O=C(Nc1cc2cc(-c3cnc4[nH]cc(Cl)c4c3Cl)ccn2n1)C1CC1. The lowest BCUT2D eigenvalue weighted by molar-refractivity contribution is -0.117. The topological polar surface area (TPSA) is 75.1 Å². The predicted molar refractivity (Wildman–Crippen MR) is 102 cm³/mol. The maximum absolute atomic E-state index is 11.9. The number of amides is 1. The largest absolute Gasteiger partial charge is 0.345 e. The molecular formula is C18H13Cl2N5O. The molecule has 0 unspecified atom stereocenters. The predicted octanol–water partition coefficient (Wildman–Crippen LogP) is 4.53. The number of H-pyrrole nitrogens is 1. The van der Waals surface area contributed by atoms with Crippen molar-refractivity contribution >= 4 is 51.5 Å². The van der Waals surface area contributed by atoms with E-state index in [9.17, 15) is 4.79 Å². The number of nitrogens with one attached hydrogen (secondary N) is 2. The summed E-state index contributed by atoms with van der Waals surface area (Å²) in [5.41, 5.74) is 3.19. The molecule has 0 saturated heterocycles. The van der Waals surface area contributed by atoms with Crippen LogP contribution in [0.4, 0.5) is 5.82 Å². The van der Waals surface area contributed by atoms with Crippen LogP contribution in [0.2, 0.25) is 10.0 Å². The highest BCUT2D eigenvalue weighted by Gasteiger charge is 2.30. The van der Waals surface area contributed by atoms with Crippen molar-refractivity contribution in [3.8, 4) is 11.1 Å². The second kappa shape index (κ2) is 5.72. The highest BCUT2D eigenvalue weighted by Crippen LogP contribution is 2.37. The molecule has 4 heterocycles. The van der Waals surface area contributed by atoms with Gasteiger partial charge in [-0.3, -0.25) is 4.79 Å². The van der Waals surface area contributed by atoms with E-state index in [4.69, 9.17) is 23.2 Å². The van der Waals surface area contributed by atoms with Crippen molar-refractivity contribution in [1.82, 2.24) is 19.6 Å². The first-order valence-corrected chi connectivity index (χ1v) is 8.97. The molecule has 1 fully saturated rings. The van der Waals surface area contributed by atoms with Crippen molar-refractivity contribution in [2.45, 2.75) is 12.8 Å². The van der Waals surface area contributed by atoms with Crippen LogP contribution in [0, 0.1) is 5.92 Å². The number of carbonyl (C=O) groups is 1. The first kappa shape index (κ1) is 15.7. The zero-order chi connectivity index (χ0) is 17.8. The molecule has 4 aromatic rings. The minimum atomic E-state index is 0.0356. The van der Waals surface area contributed by atoms with E-state index in [1.54, 1.807) is 16.9 Å². The first-order valence-electron chi connectivity index (χ1n) is 8.22. The van der Waals surface area contributed by atoms with Gasteiger partial charge in [-0.1, -0.05) is 23.2 Å². The molecule has 0 spiro atoms. The molecule has 1 aliphatic rings. The van der Waals surface area contributed by atoms with Crippen LogP contribution in [-0.4, -0.2) is 25.5 Å².